The molecule has 0 radical (unpaired) electrons. The van der Waals surface area contributed by atoms with Crippen molar-refractivity contribution in [1.82, 2.24) is 10.4 Å². The second-order valence-corrected chi connectivity index (χ2v) is 4.52. The van der Waals surface area contributed by atoms with E-state index in [0.717, 1.165) is 10.9 Å². The van der Waals surface area contributed by atoms with Crippen LogP contribution in [0.5, 0.6) is 0 Å². The zero-order valence-corrected chi connectivity index (χ0v) is 11.0. The van der Waals surface area contributed by atoms with E-state index >= 15 is 0 Å². The summed E-state index contributed by atoms with van der Waals surface area (Å²) in [6.07, 6.45) is 1.46. The van der Waals surface area contributed by atoms with Gasteiger partial charge in [-0.3, -0.25) is 4.79 Å². The van der Waals surface area contributed by atoms with Crippen LogP contribution >= 0.6 is 0 Å². The molecule has 0 fully saturated rings. The zero-order valence-electron chi connectivity index (χ0n) is 11.0. The Morgan fingerprint density at radius 3 is 2.67 bits per heavy atom. The Morgan fingerprint density at radius 1 is 1.14 bits per heavy atom. The molecule has 0 saturated heterocycles. The van der Waals surface area contributed by atoms with Gasteiger partial charge in [0.05, 0.1) is 6.21 Å². The Balaban J connectivity index is 1.70. The van der Waals surface area contributed by atoms with Gasteiger partial charge in [0.1, 0.15) is 11.5 Å². The normalized spacial score (nSPS) is 11.1. The van der Waals surface area contributed by atoms with Crippen LogP contribution in [0.3, 0.4) is 0 Å². The van der Waals surface area contributed by atoms with Crippen LogP contribution in [-0.4, -0.2) is 17.1 Å². The number of benzene rings is 2. The molecule has 3 aromatic rings. The Kier molecular flexibility index (Phi) is 3.47. The molecule has 4 nitrogen and oxygen atoms in total. The van der Waals surface area contributed by atoms with E-state index < -0.39 is 0 Å². The summed E-state index contributed by atoms with van der Waals surface area (Å²) in [6.45, 7) is 0. The molecule has 3 rings (SSSR count). The van der Waals surface area contributed by atoms with E-state index in [0.29, 0.717) is 11.3 Å². The summed E-state index contributed by atoms with van der Waals surface area (Å²) in [5.74, 6) is -0.640. The van der Waals surface area contributed by atoms with Crippen LogP contribution in [0.25, 0.3) is 10.9 Å². The Hall–Kier alpha value is -2.95. The fourth-order valence-electron chi connectivity index (χ4n) is 1.97. The summed E-state index contributed by atoms with van der Waals surface area (Å²) in [6, 6.07) is 15.2. The van der Waals surface area contributed by atoms with Crippen molar-refractivity contribution in [3.63, 3.8) is 0 Å². The molecule has 0 spiro atoms. The van der Waals surface area contributed by atoms with Crippen LogP contribution in [0.4, 0.5) is 4.39 Å². The minimum Gasteiger partial charge on any atom is -0.350 e. The number of aromatic nitrogens is 1. The third-order valence-corrected chi connectivity index (χ3v) is 3.02. The smallest absolute Gasteiger partial charge is 0.287 e. The molecule has 0 aliphatic rings. The molecule has 0 saturated carbocycles. The molecule has 1 aromatic heterocycles. The molecule has 0 aliphatic heterocycles. The summed E-state index contributed by atoms with van der Waals surface area (Å²) in [5.41, 5.74) is 4.46. The first-order chi connectivity index (χ1) is 10.2. The Labute approximate surface area is 120 Å². The molecule has 104 valence electrons. The maximum absolute atomic E-state index is 12.7. The molecule has 0 unspecified atom stereocenters. The number of hydrazone groups is 1. The number of carbonyl (C=O) groups is 1. The van der Waals surface area contributed by atoms with Crippen molar-refractivity contribution in [3.05, 3.63) is 71.7 Å². The Morgan fingerprint density at radius 2 is 1.90 bits per heavy atom. The van der Waals surface area contributed by atoms with Crippen molar-refractivity contribution in [2.75, 3.05) is 0 Å². The van der Waals surface area contributed by atoms with Crippen molar-refractivity contribution in [2.45, 2.75) is 0 Å². The SMILES string of the molecule is O=C(N/N=C\c1ccc(F)cc1)c1cc2ccccc2[nH]1. The maximum Gasteiger partial charge on any atom is 0.287 e. The van der Waals surface area contributed by atoms with Gasteiger partial charge in [-0.2, -0.15) is 5.10 Å². The molecule has 2 N–H and O–H groups in total. The summed E-state index contributed by atoms with van der Waals surface area (Å²) < 4.78 is 12.7. The van der Waals surface area contributed by atoms with Gasteiger partial charge in [-0.05, 0) is 29.8 Å². The second-order valence-electron chi connectivity index (χ2n) is 4.52. The number of amides is 1. The average Bonchev–Trinajstić information content (AvgIpc) is 2.93. The lowest BCUT2D eigenvalue weighted by atomic mass is 10.2. The highest BCUT2D eigenvalue weighted by atomic mass is 19.1. The number of halogens is 1. The second kappa shape index (κ2) is 5.58. The highest BCUT2D eigenvalue weighted by Crippen LogP contribution is 2.14. The fraction of sp³-hybridized carbons (Fsp3) is 0. The first-order valence-corrected chi connectivity index (χ1v) is 6.39. The van der Waals surface area contributed by atoms with Crippen molar-refractivity contribution in [3.8, 4) is 0 Å². The minimum absolute atomic E-state index is 0.311. The average molecular weight is 281 g/mol. The molecular weight excluding hydrogens is 269 g/mol. The van der Waals surface area contributed by atoms with E-state index in [-0.39, 0.29) is 11.7 Å². The summed E-state index contributed by atoms with van der Waals surface area (Å²) in [7, 11) is 0. The number of hydrogen-bond acceptors (Lipinski definition) is 2. The number of aromatic amines is 1. The predicted molar refractivity (Wildman–Crippen MR) is 79.8 cm³/mol. The van der Waals surface area contributed by atoms with E-state index in [1.54, 1.807) is 18.2 Å². The number of hydrogen-bond donors (Lipinski definition) is 2. The number of carbonyl (C=O) groups excluding carboxylic acids is 1. The molecule has 0 aliphatic carbocycles. The third kappa shape index (κ3) is 2.97. The van der Waals surface area contributed by atoms with Crippen LogP contribution in [0.15, 0.2) is 59.7 Å². The van der Waals surface area contributed by atoms with Crippen LogP contribution in [0, 0.1) is 5.82 Å². The number of H-pyrrole nitrogens is 1. The van der Waals surface area contributed by atoms with Crippen LogP contribution < -0.4 is 5.43 Å². The summed E-state index contributed by atoms with van der Waals surface area (Å²) in [5, 5.41) is 4.81. The number of rotatable bonds is 3. The van der Waals surface area contributed by atoms with E-state index in [9.17, 15) is 9.18 Å². The predicted octanol–water partition coefficient (Wildman–Crippen LogP) is 3.07. The molecule has 5 heteroatoms. The van der Waals surface area contributed by atoms with Gasteiger partial charge in [-0.25, -0.2) is 9.82 Å². The van der Waals surface area contributed by atoms with Gasteiger partial charge < -0.3 is 4.98 Å². The summed E-state index contributed by atoms with van der Waals surface area (Å²) >= 11 is 0. The van der Waals surface area contributed by atoms with Crippen molar-refractivity contribution in [1.29, 1.82) is 0 Å². The molecule has 2 aromatic carbocycles. The van der Waals surface area contributed by atoms with Gasteiger partial charge in [0.25, 0.3) is 5.91 Å². The van der Waals surface area contributed by atoms with E-state index in [1.807, 2.05) is 24.3 Å². The number of para-hydroxylation sites is 1. The highest BCUT2D eigenvalue weighted by Gasteiger charge is 2.07. The Bertz CT molecular complexity index is 773. The van der Waals surface area contributed by atoms with E-state index in [1.165, 1.54) is 18.3 Å². The lowest BCUT2D eigenvalue weighted by molar-refractivity contribution is 0.0951. The quantitative estimate of drug-likeness (QED) is 0.562. The number of nitrogens with one attached hydrogen (secondary N) is 2. The van der Waals surface area contributed by atoms with Crippen LogP contribution in [-0.2, 0) is 0 Å². The number of fused-ring (bicyclic) bond motifs is 1. The lowest BCUT2D eigenvalue weighted by Crippen LogP contribution is -2.17. The molecule has 1 heterocycles. The van der Waals surface area contributed by atoms with Crippen molar-refractivity contribution >= 4 is 23.0 Å². The highest BCUT2D eigenvalue weighted by molar-refractivity contribution is 5.98. The third-order valence-electron chi connectivity index (χ3n) is 3.02. The molecule has 0 bridgehead atoms. The first kappa shape index (κ1) is 13.1. The van der Waals surface area contributed by atoms with Gasteiger partial charge >= 0.3 is 0 Å². The van der Waals surface area contributed by atoms with Gasteiger partial charge in [-0.1, -0.05) is 30.3 Å². The molecule has 21 heavy (non-hydrogen) atoms. The van der Waals surface area contributed by atoms with Gasteiger partial charge in [0.15, 0.2) is 0 Å². The monoisotopic (exact) mass is 281 g/mol. The standard InChI is InChI=1S/C16H12FN3O/c17-13-7-5-11(6-8-13)10-18-20-16(21)15-9-12-3-1-2-4-14(12)19-15/h1-10,19H,(H,20,21)/b18-10-. The van der Waals surface area contributed by atoms with Crippen LogP contribution in [0.1, 0.15) is 16.1 Å². The fourth-order valence-corrected chi connectivity index (χ4v) is 1.97. The number of nitrogens with zero attached hydrogens (tertiary/aromatic N) is 1. The first-order valence-electron chi connectivity index (χ1n) is 6.39. The topological polar surface area (TPSA) is 57.2 Å². The van der Waals surface area contributed by atoms with Gasteiger partial charge in [-0.15, -0.1) is 0 Å². The van der Waals surface area contributed by atoms with Crippen LogP contribution in [0.2, 0.25) is 0 Å². The van der Waals surface area contributed by atoms with E-state index in [2.05, 4.69) is 15.5 Å². The largest absolute Gasteiger partial charge is 0.350 e. The van der Waals surface area contributed by atoms with Gasteiger partial charge in [0, 0.05) is 10.9 Å². The van der Waals surface area contributed by atoms with Crippen molar-refractivity contribution < 1.29 is 9.18 Å². The minimum atomic E-state index is -0.329. The molecular formula is C16H12FN3O. The summed E-state index contributed by atoms with van der Waals surface area (Å²) in [4.78, 5) is 15.0. The zero-order chi connectivity index (χ0) is 14.7. The molecule has 0 atom stereocenters. The van der Waals surface area contributed by atoms with E-state index in [4.69, 9.17) is 0 Å². The maximum atomic E-state index is 12.7. The molecule has 1 amide bonds. The van der Waals surface area contributed by atoms with Crippen molar-refractivity contribution in [2.24, 2.45) is 5.10 Å². The lowest BCUT2D eigenvalue weighted by Gasteiger charge is -1.96. The van der Waals surface area contributed by atoms with Gasteiger partial charge in [0.2, 0.25) is 0 Å².